The predicted octanol–water partition coefficient (Wildman–Crippen LogP) is 1.31. The molecule has 1 saturated carbocycles. The molecule has 19 heavy (non-hydrogen) atoms. The molecule has 5 nitrogen and oxygen atoms in total. The van der Waals surface area contributed by atoms with Gasteiger partial charge >= 0.3 is 6.09 Å². The molecule has 5 heteroatoms. The molecular formula is C14H26N2O3. The van der Waals surface area contributed by atoms with Crippen molar-refractivity contribution in [2.75, 3.05) is 32.7 Å². The van der Waals surface area contributed by atoms with E-state index in [0.29, 0.717) is 19.0 Å². The molecule has 1 unspecified atom stereocenters. The van der Waals surface area contributed by atoms with Crippen molar-refractivity contribution in [3.05, 3.63) is 0 Å². The van der Waals surface area contributed by atoms with E-state index < -0.39 is 5.60 Å². The third-order valence-electron chi connectivity index (χ3n) is 3.64. The maximum absolute atomic E-state index is 11.9. The molecule has 0 radical (unpaired) electrons. The number of amides is 1. The summed E-state index contributed by atoms with van der Waals surface area (Å²) in [6.45, 7) is 9.41. The van der Waals surface area contributed by atoms with Gasteiger partial charge in [-0.25, -0.2) is 4.79 Å². The maximum Gasteiger partial charge on any atom is 0.410 e. The van der Waals surface area contributed by atoms with Crippen LogP contribution in [-0.2, 0) is 4.74 Å². The van der Waals surface area contributed by atoms with E-state index in [2.05, 4.69) is 4.90 Å². The third kappa shape index (κ3) is 4.66. The standard InChI is InChI=1S/C14H26N2O3/c1-14(2,3)19-13(18)16-8-6-15(7-9-16)10-12(17)11-4-5-11/h11-12,17H,4-10H2,1-3H3. The summed E-state index contributed by atoms with van der Waals surface area (Å²) in [7, 11) is 0. The van der Waals surface area contributed by atoms with E-state index in [-0.39, 0.29) is 12.2 Å². The summed E-state index contributed by atoms with van der Waals surface area (Å²) in [6.07, 6.45) is 1.92. The SMILES string of the molecule is CC(C)(C)OC(=O)N1CCN(CC(O)C2CC2)CC1. The lowest BCUT2D eigenvalue weighted by Gasteiger charge is -2.36. The Morgan fingerprint density at radius 2 is 1.84 bits per heavy atom. The summed E-state index contributed by atoms with van der Waals surface area (Å²) in [4.78, 5) is 15.9. The van der Waals surface area contributed by atoms with E-state index in [4.69, 9.17) is 4.74 Å². The lowest BCUT2D eigenvalue weighted by atomic mass is 10.2. The van der Waals surface area contributed by atoms with E-state index in [1.807, 2.05) is 20.8 Å². The highest BCUT2D eigenvalue weighted by molar-refractivity contribution is 5.68. The van der Waals surface area contributed by atoms with Gasteiger partial charge in [-0.05, 0) is 39.5 Å². The molecule has 1 heterocycles. The Morgan fingerprint density at radius 3 is 2.32 bits per heavy atom. The van der Waals surface area contributed by atoms with Crippen LogP contribution >= 0.6 is 0 Å². The normalized spacial score (nSPS) is 23.3. The summed E-state index contributed by atoms with van der Waals surface area (Å²) in [5.41, 5.74) is -0.434. The lowest BCUT2D eigenvalue weighted by molar-refractivity contribution is 0.00904. The van der Waals surface area contributed by atoms with E-state index >= 15 is 0 Å². The largest absolute Gasteiger partial charge is 0.444 e. The van der Waals surface area contributed by atoms with Crippen LogP contribution in [0.2, 0.25) is 0 Å². The van der Waals surface area contributed by atoms with Gasteiger partial charge in [-0.2, -0.15) is 0 Å². The fourth-order valence-electron chi connectivity index (χ4n) is 2.33. The predicted molar refractivity (Wildman–Crippen MR) is 73.0 cm³/mol. The van der Waals surface area contributed by atoms with E-state index in [1.165, 1.54) is 12.8 Å². The fraction of sp³-hybridized carbons (Fsp3) is 0.929. The van der Waals surface area contributed by atoms with Crippen molar-refractivity contribution in [1.29, 1.82) is 0 Å². The third-order valence-corrected chi connectivity index (χ3v) is 3.64. The molecule has 0 aromatic heterocycles. The second-order valence-electron chi connectivity index (χ2n) is 6.67. The first-order valence-corrected chi connectivity index (χ1v) is 7.23. The van der Waals surface area contributed by atoms with Crippen molar-refractivity contribution >= 4 is 6.09 Å². The first-order valence-electron chi connectivity index (χ1n) is 7.23. The molecule has 2 fully saturated rings. The highest BCUT2D eigenvalue weighted by Gasteiger charge is 2.32. The van der Waals surface area contributed by atoms with Gasteiger partial charge in [-0.1, -0.05) is 0 Å². The van der Waals surface area contributed by atoms with Gasteiger partial charge in [0, 0.05) is 32.7 Å². The molecule has 110 valence electrons. The lowest BCUT2D eigenvalue weighted by Crippen LogP contribution is -2.51. The molecule has 2 rings (SSSR count). The number of piperazine rings is 1. The Balaban J connectivity index is 1.71. The van der Waals surface area contributed by atoms with Crippen LogP contribution in [-0.4, -0.2) is 65.4 Å². The minimum Gasteiger partial charge on any atom is -0.444 e. The first-order chi connectivity index (χ1) is 8.85. The van der Waals surface area contributed by atoms with Gasteiger partial charge in [-0.3, -0.25) is 4.90 Å². The van der Waals surface area contributed by atoms with Gasteiger partial charge in [0.25, 0.3) is 0 Å². The molecule has 2 aliphatic rings. The Hall–Kier alpha value is -0.810. The number of carbonyl (C=O) groups excluding carboxylic acids is 1. The Morgan fingerprint density at radius 1 is 1.26 bits per heavy atom. The van der Waals surface area contributed by atoms with Gasteiger partial charge in [0.15, 0.2) is 0 Å². The highest BCUT2D eigenvalue weighted by atomic mass is 16.6. The Bertz CT molecular complexity index is 315. The van der Waals surface area contributed by atoms with Gasteiger partial charge in [0.1, 0.15) is 5.60 Å². The van der Waals surface area contributed by atoms with Gasteiger partial charge in [0.2, 0.25) is 0 Å². The molecule has 0 aromatic rings. The summed E-state index contributed by atoms with van der Waals surface area (Å²) in [5.74, 6) is 0.517. The fourth-order valence-corrected chi connectivity index (χ4v) is 2.33. The molecule has 1 N–H and O–H groups in total. The summed E-state index contributed by atoms with van der Waals surface area (Å²) < 4.78 is 5.36. The number of aliphatic hydroxyl groups excluding tert-OH is 1. The van der Waals surface area contributed by atoms with Crippen molar-refractivity contribution in [2.45, 2.75) is 45.3 Å². The van der Waals surface area contributed by atoms with Crippen molar-refractivity contribution in [3.8, 4) is 0 Å². The smallest absolute Gasteiger partial charge is 0.410 e. The number of nitrogens with zero attached hydrogens (tertiary/aromatic N) is 2. The number of β-amino-alcohol motifs (C(OH)–C–C–N with tert-alkyl or cyclic N) is 1. The first kappa shape index (κ1) is 14.6. The van der Waals surface area contributed by atoms with Crippen LogP contribution in [0.4, 0.5) is 4.79 Å². The van der Waals surface area contributed by atoms with E-state index in [1.54, 1.807) is 4.90 Å². The van der Waals surface area contributed by atoms with E-state index in [9.17, 15) is 9.90 Å². The quantitative estimate of drug-likeness (QED) is 0.840. The van der Waals surface area contributed by atoms with Crippen molar-refractivity contribution in [2.24, 2.45) is 5.92 Å². The average Bonchev–Trinajstić information content (AvgIpc) is 3.11. The number of hydrogen-bond acceptors (Lipinski definition) is 4. The Kier molecular flexibility index (Phi) is 4.36. The van der Waals surface area contributed by atoms with Crippen molar-refractivity contribution in [3.63, 3.8) is 0 Å². The monoisotopic (exact) mass is 270 g/mol. The number of carbonyl (C=O) groups is 1. The van der Waals surface area contributed by atoms with Crippen LogP contribution in [0.15, 0.2) is 0 Å². The minimum atomic E-state index is -0.434. The zero-order valence-electron chi connectivity index (χ0n) is 12.3. The molecule has 1 atom stereocenters. The highest BCUT2D eigenvalue weighted by Crippen LogP contribution is 2.32. The molecule has 0 bridgehead atoms. The minimum absolute atomic E-state index is 0.187. The van der Waals surface area contributed by atoms with Crippen LogP contribution in [0.25, 0.3) is 0 Å². The van der Waals surface area contributed by atoms with Crippen LogP contribution in [0.1, 0.15) is 33.6 Å². The maximum atomic E-state index is 11.9. The molecule has 0 aromatic carbocycles. The van der Waals surface area contributed by atoms with E-state index in [0.717, 1.165) is 19.6 Å². The van der Waals surface area contributed by atoms with Crippen LogP contribution in [0.3, 0.4) is 0 Å². The summed E-state index contributed by atoms with van der Waals surface area (Å²) in [5, 5.41) is 9.92. The molecule has 1 aliphatic heterocycles. The zero-order valence-corrected chi connectivity index (χ0v) is 12.3. The van der Waals surface area contributed by atoms with Gasteiger partial charge in [-0.15, -0.1) is 0 Å². The zero-order chi connectivity index (χ0) is 14.0. The second kappa shape index (κ2) is 5.67. The van der Waals surface area contributed by atoms with Crippen LogP contribution in [0.5, 0.6) is 0 Å². The molecule has 1 saturated heterocycles. The van der Waals surface area contributed by atoms with Crippen LogP contribution < -0.4 is 0 Å². The molecule has 0 spiro atoms. The van der Waals surface area contributed by atoms with Crippen molar-refractivity contribution in [1.82, 2.24) is 9.80 Å². The van der Waals surface area contributed by atoms with Crippen LogP contribution in [0, 0.1) is 5.92 Å². The summed E-state index contributed by atoms with van der Waals surface area (Å²) in [6, 6.07) is 0. The van der Waals surface area contributed by atoms with Gasteiger partial charge < -0.3 is 14.7 Å². The Labute approximate surface area is 115 Å². The molecule has 1 aliphatic carbocycles. The topological polar surface area (TPSA) is 53.0 Å². The van der Waals surface area contributed by atoms with Gasteiger partial charge in [0.05, 0.1) is 6.10 Å². The summed E-state index contributed by atoms with van der Waals surface area (Å²) >= 11 is 0. The average molecular weight is 270 g/mol. The number of hydrogen-bond donors (Lipinski definition) is 1. The number of aliphatic hydroxyl groups is 1. The number of ether oxygens (including phenoxy) is 1. The molecular weight excluding hydrogens is 244 g/mol. The second-order valence-corrected chi connectivity index (χ2v) is 6.67. The van der Waals surface area contributed by atoms with Crippen molar-refractivity contribution < 1.29 is 14.6 Å². The number of rotatable bonds is 3. The molecule has 1 amide bonds.